The monoisotopic (exact) mass is 511 g/mol. The van der Waals surface area contributed by atoms with Crippen molar-refractivity contribution >= 4 is 23.1 Å². The summed E-state index contributed by atoms with van der Waals surface area (Å²) in [4.78, 5) is 26.7. The van der Waals surface area contributed by atoms with Crippen LogP contribution in [-0.4, -0.2) is 50.8 Å². The summed E-state index contributed by atoms with van der Waals surface area (Å²) >= 11 is 1.30. The van der Waals surface area contributed by atoms with Gasteiger partial charge in [0.25, 0.3) is 11.8 Å². The molecular formula is C23H22F5N5OS. The third kappa shape index (κ3) is 5.58. The fourth-order valence-electron chi connectivity index (χ4n) is 4.15. The topological polar surface area (TPSA) is 71.0 Å². The summed E-state index contributed by atoms with van der Waals surface area (Å²) in [6.45, 7) is 2.57. The Hall–Kier alpha value is -3.15. The van der Waals surface area contributed by atoms with Gasteiger partial charge < -0.3 is 10.2 Å². The molecule has 12 heteroatoms. The number of nitrogens with zero attached hydrogens (tertiary/aromatic N) is 4. The van der Waals surface area contributed by atoms with E-state index >= 15 is 0 Å². The van der Waals surface area contributed by atoms with Crippen LogP contribution in [0.1, 0.15) is 34.5 Å². The summed E-state index contributed by atoms with van der Waals surface area (Å²) < 4.78 is 67.3. The Morgan fingerprint density at radius 3 is 2.54 bits per heavy atom. The molecule has 2 unspecified atom stereocenters. The van der Waals surface area contributed by atoms with E-state index in [1.165, 1.54) is 11.3 Å². The first-order valence-corrected chi connectivity index (χ1v) is 11.6. The van der Waals surface area contributed by atoms with Crippen molar-refractivity contribution in [1.82, 2.24) is 19.9 Å². The van der Waals surface area contributed by atoms with Crippen molar-refractivity contribution in [3.8, 4) is 10.4 Å². The van der Waals surface area contributed by atoms with E-state index in [9.17, 15) is 26.7 Å². The van der Waals surface area contributed by atoms with Crippen LogP contribution >= 0.6 is 11.3 Å². The van der Waals surface area contributed by atoms with Gasteiger partial charge in [-0.15, -0.1) is 11.3 Å². The minimum Gasteiger partial charge on any atom is -0.367 e. The van der Waals surface area contributed by atoms with Gasteiger partial charge in [-0.3, -0.25) is 4.79 Å². The molecule has 0 spiro atoms. The molecule has 3 heterocycles. The second-order valence-electron chi connectivity index (χ2n) is 8.48. The average Bonchev–Trinajstić information content (AvgIpc) is 3.19. The molecule has 0 aliphatic carbocycles. The lowest BCUT2D eigenvalue weighted by Crippen LogP contribution is -2.57. The van der Waals surface area contributed by atoms with E-state index in [0.717, 1.165) is 16.7 Å². The van der Waals surface area contributed by atoms with Crippen LogP contribution in [0.25, 0.3) is 10.4 Å². The fourth-order valence-corrected chi connectivity index (χ4v) is 5.06. The SMILES string of the molecule is Cc1nc(C(=O)N2CC(F)(F)CC(C)C2CNc2cnc(C(F)(F)F)cn2)c(-c2ccccc2)s1. The molecule has 186 valence electrons. The zero-order chi connectivity index (χ0) is 25.4. The Kier molecular flexibility index (Phi) is 6.76. The van der Waals surface area contributed by atoms with Gasteiger partial charge >= 0.3 is 6.18 Å². The van der Waals surface area contributed by atoms with Gasteiger partial charge in [-0.05, 0) is 18.4 Å². The number of carbonyl (C=O) groups is 1. The predicted molar refractivity (Wildman–Crippen MR) is 121 cm³/mol. The number of amides is 1. The van der Waals surface area contributed by atoms with Crippen LogP contribution in [0.3, 0.4) is 0 Å². The lowest BCUT2D eigenvalue weighted by atomic mass is 9.88. The first-order valence-electron chi connectivity index (χ1n) is 10.8. The number of hydrogen-bond donors (Lipinski definition) is 1. The summed E-state index contributed by atoms with van der Waals surface area (Å²) in [7, 11) is 0. The average molecular weight is 512 g/mol. The Labute approximate surface area is 202 Å². The minimum atomic E-state index is -4.62. The van der Waals surface area contributed by atoms with Crippen LogP contribution in [0.2, 0.25) is 0 Å². The molecule has 4 rings (SSSR count). The number of carbonyl (C=O) groups excluding carboxylic acids is 1. The third-order valence-electron chi connectivity index (χ3n) is 5.75. The Balaban J connectivity index is 1.60. The lowest BCUT2D eigenvalue weighted by molar-refractivity contribution is -0.141. The van der Waals surface area contributed by atoms with Crippen LogP contribution in [0, 0.1) is 12.8 Å². The number of hydrogen-bond acceptors (Lipinski definition) is 6. The van der Waals surface area contributed by atoms with Crippen molar-refractivity contribution in [2.45, 2.75) is 38.4 Å². The second-order valence-corrected chi connectivity index (χ2v) is 9.68. The Morgan fingerprint density at radius 2 is 1.91 bits per heavy atom. The smallest absolute Gasteiger partial charge is 0.367 e. The van der Waals surface area contributed by atoms with Gasteiger partial charge in [0.05, 0.1) is 34.9 Å². The van der Waals surface area contributed by atoms with Crippen molar-refractivity contribution < 1.29 is 26.7 Å². The maximum atomic E-state index is 14.5. The number of alkyl halides is 5. The number of rotatable bonds is 5. The van der Waals surface area contributed by atoms with Crippen LogP contribution < -0.4 is 5.32 Å². The van der Waals surface area contributed by atoms with Crippen molar-refractivity contribution in [3.63, 3.8) is 0 Å². The summed E-state index contributed by atoms with van der Waals surface area (Å²) in [6.07, 6.45) is -3.54. The molecule has 35 heavy (non-hydrogen) atoms. The highest BCUT2D eigenvalue weighted by molar-refractivity contribution is 7.15. The number of aryl methyl sites for hydroxylation is 1. The number of halogens is 5. The van der Waals surface area contributed by atoms with Gasteiger partial charge in [0, 0.05) is 13.0 Å². The number of thiazole rings is 1. The summed E-state index contributed by atoms with van der Waals surface area (Å²) in [5.74, 6) is -4.26. The Morgan fingerprint density at radius 1 is 1.20 bits per heavy atom. The van der Waals surface area contributed by atoms with Gasteiger partial charge in [0.15, 0.2) is 5.69 Å². The van der Waals surface area contributed by atoms with E-state index in [-0.39, 0.29) is 18.1 Å². The van der Waals surface area contributed by atoms with Crippen molar-refractivity contribution in [2.75, 3.05) is 18.4 Å². The zero-order valence-corrected chi connectivity index (χ0v) is 19.6. The number of likely N-dealkylation sites (tertiary alicyclic amines) is 1. The van der Waals surface area contributed by atoms with E-state index in [4.69, 9.17) is 0 Å². The maximum Gasteiger partial charge on any atom is 0.434 e. The fraction of sp³-hybridized carbons (Fsp3) is 0.391. The normalized spacial score (nSPS) is 20.0. The van der Waals surface area contributed by atoms with Gasteiger partial charge in [-0.1, -0.05) is 37.3 Å². The van der Waals surface area contributed by atoms with E-state index in [2.05, 4.69) is 20.3 Å². The molecule has 0 bridgehead atoms. The molecule has 0 saturated carbocycles. The quantitative estimate of drug-likeness (QED) is 0.457. The molecule has 1 amide bonds. The molecule has 1 N–H and O–H groups in total. The highest BCUT2D eigenvalue weighted by Gasteiger charge is 2.46. The van der Waals surface area contributed by atoms with E-state index in [1.54, 1.807) is 13.8 Å². The van der Waals surface area contributed by atoms with E-state index in [0.29, 0.717) is 16.1 Å². The first kappa shape index (κ1) is 25.0. The molecule has 1 aliphatic heterocycles. The first-order chi connectivity index (χ1) is 16.4. The lowest BCUT2D eigenvalue weighted by Gasteiger charge is -2.43. The van der Waals surface area contributed by atoms with Gasteiger partial charge in [0.2, 0.25) is 0 Å². The van der Waals surface area contributed by atoms with Crippen LogP contribution in [0.4, 0.5) is 27.8 Å². The summed E-state index contributed by atoms with van der Waals surface area (Å²) in [5, 5.41) is 3.46. The third-order valence-corrected chi connectivity index (χ3v) is 6.77. The van der Waals surface area contributed by atoms with Crippen LogP contribution in [0.5, 0.6) is 0 Å². The predicted octanol–water partition coefficient (Wildman–Crippen LogP) is 5.53. The molecule has 2 aromatic heterocycles. The molecule has 1 fully saturated rings. The van der Waals surface area contributed by atoms with Crippen molar-refractivity contribution in [1.29, 1.82) is 0 Å². The molecule has 1 saturated heterocycles. The van der Waals surface area contributed by atoms with E-state index < -0.39 is 48.6 Å². The molecule has 2 atom stereocenters. The van der Waals surface area contributed by atoms with Crippen molar-refractivity contribution in [3.05, 3.63) is 59.1 Å². The molecule has 0 radical (unpaired) electrons. The van der Waals surface area contributed by atoms with Gasteiger partial charge in [-0.25, -0.2) is 23.7 Å². The summed E-state index contributed by atoms with van der Waals surface area (Å²) in [5.41, 5.74) is -0.284. The van der Waals surface area contributed by atoms with Crippen molar-refractivity contribution in [2.24, 2.45) is 5.92 Å². The van der Waals surface area contributed by atoms with E-state index in [1.807, 2.05) is 30.3 Å². The highest BCUT2D eigenvalue weighted by Crippen LogP contribution is 2.37. The van der Waals surface area contributed by atoms with Crippen LogP contribution in [0.15, 0.2) is 42.7 Å². The van der Waals surface area contributed by atoms with Crippen LogP contribution in [-0.2, 0) is 6.18 Å². The second kappa shape index (κ2) is 9.48. The molecule has 6 nitrogen and oxygen atoms in total. The molecule has 1 aliphatic rings. The minimum absolute atomic E-state index is 0.00677. The molecular weight excluding hydrogens is 489 g/mol. The standard InChI is InChI=1S/C23H22F5N5OS/c1-13-8-22(24,25)12-33(16(13)9-30-18-11-29-17(10-31-18)23(26,27)28)21(34)19-20(35-14(2)32-19)15-6-4-3-5-7-15/h3-7,10-11,13,16H,8-9,12H2,1-2H3,(H,30,31). The number of nitrogens with one attached hydrogen (secondary N) is 1. The number of aromatic nitrogens is 3. The maximum absolute atomic E-state index is 14.5. The largest absolute Gasteiger partial charge is 0.434 e. The highest BCUT2D eigenvalue weighted by atomic mass is 32.1. The molecule has 1 aromatic carbocycles. The van der Waals surface area contributed by atoms with Gasteiger partial charge in [-0.2, -0.15) is 13.2 Å². The number of anilines is 1. The molecule has 3 aromatic rings. The zero-order valence-electron chi connectivity index (χ0n) is 18.8. The summed E-state index contributed by atoms with van der Waals surface area (Å²) in [6, 6.07) is 8.43. The Bertz CT molecular complexity index is 1180. The number of benzene rings is 1. The van der Waals surface area contributed by atoms with Gasteiger partial charge in [0.1, 0.15) is 11.5 Å². The number of piperidine rings is 1.